The lowest BCUT2D eigenvalue weighted by Crippen LogP contribution is -2.24. The van der Waals surface area contributed by atoms with Gasteiger partial charge in [-0.15, -0.1) is 0 Å². The van der Waals surface area contributed by atoms with Crippen molar-refractivity contribution in [3.8, 4) is 5.75 Å². The zero-order chi connectivity index (χ0) is 20.2. The molecule has 0 aliphatic rings. The topological polar surface area (TPSA) is 87.7 Å². The molecule has 0 unspecified atom stereocenters. The molecule has 0 bridgehead atoms. The summed E-state index contributed by atoms with van der Waals surface area (Å²) < 4.78 is 31.0. The molecule has 0 aliphatic heterocycles. The molecule has 2 N–H and O–H groups in total. The van der Waals surface area contributed by atoms with Crippen molar-refractivity contribution in [1.82, 2.24) is 4.31 Å². The van der Waals surface area contributed by atoms with Gasteiger partial charge in [0, 0.05) is 24.8 Å². The van der Waals surface area contributed by atoms with Gasteiger partial charge in [-0.2, -0.15) is 0 Å². The number of benzene rings is 2. The van der Waals surface area contributed by atoms with Crippen LogP contribution in [0.5, 0.6) is 5.75 Å². The summed E-state index contributed by atoms with van der Waals surface area (Å²) in [5, 5.41) is 6.41. The van der Waals surface area contributed by atoms with E-state index < -0.39 is 10.0 Å². The number of anilines is 2. The number of methoxy groups -OCH3 is 1. The lowest BCUT2D eigenvalue weighted by Gasteiger charge is -2.16. The van der Waals surface area contributed by atoms with E-state index in [0.717, 1.165) is 4.31 Å². The van der Waals surface area contributed by atoms with Crippen molar-refractivity contribution >= 4 is 50.5 Å². The molecule has 0 saturated carbocycles. The summed E-state index contributed by atoms with van der Waals surface area (Å²) >= 11 is 11.9. The number of carbonyl (C=O) groups excluding carboxylic acids is 1. The standard InChI is InChI=1S/C17H19Cl2N3O4S/c1-22(2)27(24,25)16-9-12(5-7-15(16)26-3)21-17(23)10-20-14-6-4-11(18)8-13(14)19/h4-9,20H,10H2,1-3H3,(H,21,23). The predicted molar refractivity (Wildman–Crippen MR) is 107 cm³/mol. The molecule has 0 heterocycles. The van der Waals surface area contributed by atoms with Crippen LogP contribution < -0.4 is 15.4 Å². The molecule has 0 aromatic heterocycles. The first-order valence-corrected chi connectivity index (χ1v) is 9.94. The molecule has 0 radical (unpaired) electrons. The maximum Gasteiger partial charge on any atom is 0.246 e. The minimum atomic E-state index is -3.73. The average Bonchev–Trinajstić information content (AvgIpc) is 2.60. The molecule has 1 amide bonds. The number of carbonyl (C=O) groups is 1. The Morgan fingerprint density at radius 2 is 1.85 bits per heavy atom. The highest BCUT2D eigenvalue weighted by Crippen LogP contribution is 2.29. The maximum atomic E-state index is 12.4. The number of amides is 1. The number of hydrogen-bond donors (Lipinski definition) is 2. The molecule has 0 aliphatic carbocycles. The first-order chi connectivity index (χ1) is 12.6. The van der Waals surface area contributed by atoms with Crippen LogP contribution in [0.3, 0.4) is 0 Å². The van der Waals surface area contributed by atoms with Gasteiger partial charge >= 0.3 is 0 Å². The molecule has 2 aromatic carbocycles. The van der Waals surface area contributed by atoms with Crippen molar-refractivity contribution in [2.45, 2.75) is 4.90 Å². The van der Waals surface area contributed by atoms with Gasteiger partial charge in [0.1, 0.15) is 10.6 Å². The first kappa shape index (κ1) is 21.3. The van der Waals surface area contributed by atoms with Gasteiger partial charge in [-0.05, 0) is 36.4 Å². The van der Waals surface area contributed by atoms with Crippen molar-refractivity contribution in [2.24, 2.45) is 0 Å². The average molecular weight is 432 g/mol. The molecule has 27 heavy (non-hydrogen) atoms. The smallest absolute Gasteiger partial charge is 0.246 e. The summed E-state index contributed by atoms with van der Waals surface area (Å²) in [6.45, 7) is -0.0663. The quantitative estimate of drug-likeness (QED) is 0.701. The van der Waals surface area contributed by atoms with Gasteiger partial charge in [0.2, 0.25) is 15.9 Å². The lowest BCUT2D eigenvalue weighted by atomic mass is 10.3. The van der Waals surface area contributed by atoms with Crippen molar-refractivity contribution in [3.05, 3.63) is 46.4 Å². The molecule has 146 valence electrons. The normalized spacial score (nSPS) is 11.3. The van der Waals surface area contributed by atoms with Crippen molar-refractivity contribution < 1.29 is 17.9 Å². The Morgan fingerprint density at radius 1 is 1.15 bits per heavy atom. The zero-order valence-electron chi connectivity index (χ0n) is 14.9. The van der Waals surface area contributed by atoms with Crippen LogP contribution in [0.1, 0.15) is 0 Å². The van der Waals surface area contributed by atoms with Gasteiger partial charge in [0.05, 0.1) is 24.4 Å². The minimum Gasteiger partial charge on any atom is -0.495 e. The second-order valence-electron chi connectivity index (χ2n) is 5.68. The number of nitrogens with zero attached hydrogens (tertiary/aromatic N) is 1. The molecule has 0 saturated heterocycles. The van der Waals surface area contributed by atoms with E-state index in [9.17, 15) is 13.2 Å². The summed E-state index contributed by atoms with van der Waals surface area (Å²) in [5.41, 5.74) is 0.882. The highest BCUT2D eigenvalue weighted by Gasteiger charge is 2.23. The molecule has 2 rings (SSSR count). The van der Waals surface area contributed by atoms with Crippen LogP contribution in [-0.4, -0.2) is 46.4 Å². The van der Waals surface area contributed by atoms with E-state index in [4.69, 9.17) is 27.9 Å². The van der Waals surface area contributed by atoms with E-state index in [-0.39, 0.29) is 23.1 Å². The number of rotatable bonds is 7. The second kappa shape index (κ2) is 8.79. The number of sulfonamides is 1. The van der Waals surface area contributed by atoms with Gasteiger partial charge < -0.3 is 15.4 Å². The molecular weight excluding hydrogens is 413 g/mol. The fraction of sp³-hybridized carbons (Fsp3) is 0.235. The summed E-state index contributed by atoms with van der Waals surface area (Å²) in [4.78, 5) is 12.1. The SMILES string of the molecule is COc1ccc(NC(=O)CNc2ccc(Cl)cc2Cl)cc1S(=O)(=O)N(C)C. The van der Waals surface area contributed by atoms with E-state index in [0.29, 0.717) is 21.4 Å². The molecule has 0 fully saturated rings. The Balaban J connectivity index is 2.14. The Morgan fingerprint density at radius 3 is 2.44 bits per heavy atom. The largest absolute Gasteiger partial charge is 0.495 e. The number of ether oxygens (including phenoxy) is 1. The first-order valence-electron chi connectivity index (χ1n) is 7.74. The number of halogens is 2. The van der Waals surface area contributed by atoms with Crippen molar-refractivity contribution in [1.29, 1.82) is 0 Å². The van der Waals surface area contributed by atoms with E-state index in [1.165, 1.54) is 33.3 Å². The third-order valence-corrected chi connectivity index (χ3v) is 5.96. The maximum absolute atomic E-state index is 12.4. The van der Waals surface area contributed by atoms with Gasteiger partial charge in [0.25, 0.3) is 0 Å². The van der Waals surface area contributed by atoms with Crippen LogP contribution in [0.25, 0.3) is 0 Å². The fourth-order valence-corrected chi connectivity index (χ4v) is 3.72. The fourth-order valence-electron chi connectivity index (χ4n) is 2.17. The van der Waals surface area contributed by atoms with Crippen LogP contribution in [0.2, 0.25) is 10.0 Å². The van der Waals surface area contributed by atoms with Gasteiger partial charge in [-0.3, -0.25) is 4.79 Å². The van der Waals surface area contributed by atoms with E-state index in [2.05, 4.69) is 10.6 Å². The van der Waals surface area contributed by atoms with Gasteiger partial charge in [-0.25, -0.2) is 12.7 Å². The molecule has 0 spiro atoms. The third-order valence-electron chi connectivity index (χ3n) is 3.58. The Labute approximate surface area is 168 Å². The molecular formula is C17H19Cl2N3O4S. The lowest BCUT2D eigenvalue weighted by molar-refractivity contribution is -0.114. The van der Waals surface area contributed by atoms with E-state index in [1.807, 2.05) is 0 Å². The predicted octanol–water partition coefficient (Wildman–Crippen LogP) is 3.30. The van der Waals surface area contributed by atoms with Crippen LogP contribution in [0.4, 0.5) is 11.4 Å². The molecule has 2 aromatic rings. The van der Waals surface area contributed by atoms with Gasteiger partial charge in [0.15, 0.2) is 0 Å². The van der Waals surface area contributed by atoms with Crippen LogP contribution in [-0.2, 0) is 14.8 Å². The van der Waals surface area contributed by atoms with Crippen LogP contribution in [0.15, 0.2) is 41.3 Å². The number of nitrogens with one attached hydrogen (secondary N) is 2. The summed E-state index contributed by atoms with van der Waals surface area (Å²) in [6, 6.07) is 9.26. The van der Waals surface area contributed by atoms with E-state index >= 15 is 0 Å². The highest BCUT2D eigenvalue weighted by molar-refractivity contribution is 7.89. The summed E-state index contributed by atoms with van der Waals surface area (Å²) in [5.74, 6) is -0.188. The van der Waals surface area contributed by atoms with Crippen molar-refractivity contribution in [2.75, 3.05) is 38.4 Å². The Hall–Kier alpha value is -2.00. The molecule has 7 nitrogen and oxygen atoms in total. The highest BCUT2D eigenvalue weighted by atomic mass is 35.5. The minimum absolute atomic E-state index is 0.0403. The van der Waals surface area contributed by atoms with Crippen LogP contribution in [0, 0.1) is 0 Å². The Kier molecular flexibility index (Phi) is 6.94. The second-order valence-corrected chi connectivity index (χ2v) is 8.64. The van der Waals surface area contributed by atoms with Crippen LogP contribution >= 0.6 is 23.2 Å². The van der Waals surface area contributed by atoms with Gasteiger partial charge in [-0.1, -0.05) is 23.2 Å². The molecule has 0 atom stereocenters. The van der Waals surface area contributed by atoms with E-state index in [1.54, 1.807) is 24.3 Å². The molecule has 10 heteroatoms. The van der Waals surface area contributed by atoms with Crippen molar-refractivity contribution in [3.63, 3.8) is 0 Å². The monoisotopic (exact) mass is 431 g/mol. The zero-order valence-corrected chi connectivity index (χ0v) is 17.2. The number of hydrogen-bond acceptors (Lipinski definition) is 5. The summed E-state index contributed by atoms with van der Waals surface area (Å²) in [6.07, 6.45) is 0. The third kappa shape index (κ3) is 5.26. The summed E-state index contributed by atoms with van der Waals surface area (Å²) in [7, 11) is 0.479. The Bertz CT molecular complexity index is 949.